The van der Waals surface area contributed by atoms with Gasteiger partial charge in [-0.25, -0.2) is 0 Å². The highest BCUT2D eigenvalue weighted by Gasteiger charge is 2.52. The number of hydrogen-bond acceptors (Lipinski definition) is 5. The van der Waals surface area contributed by atoms with E-state index >= 15 is 0 Å². The van der Waals surface area contributed by atoms with Crippen LogP contribution in [-0.2, 0) is 0 Å². The van der Waals surface area contributed by atoms with Crippen molar-refractivity contribution >= 4 is 136 Å². The van der Waals surface area contributed by atoms with E-state index in [-0.39, 0.29) is 20.1 Å². The topological polar surface area (TPSA) is 28.2 Å². The second kappa shape index (κ2) is 12.4. The molecule has 9 aromatic rings. The quantitative estimate of drug-likeness (QED) is 0.165. The van der Waals surface area contributed by atoms with Crippen molar-refractivity contribution < 1.29 is 9.47 Å². The minimum atomic E-state index is -0.0675. The number of fused-ring (bicyclic) bond motifs is 14. The standard InChI is InChI=1S/C54H31B3BrN3O2/c58-32-26-27-38-49(28-32)63-50-31-46-52-54-53(50)55(38)35-18-7-10-21-41(35)61(54)42-22-11-8-19-36(42)56(52)39-29-40-44(30-45(39)60(46)34-16-5-2-6-17-34)59(33-14-3-1-4-15-33)43-23-13-25-48-51(43)57(40)37-20-9-12-24-47(37)62-48/h1-31H. The maximum Gasteiger partial charge on any atom is 0.256 e. The molecule has 6 heterocycles. The first-order chi connectivity index (χ1) is 31.2. The molecule has 0 aliphatic carbocycles. The number of benzene rings is 9. The summed E-state index contributed by atoms with van der Waals surface area (Å²) in [4.78, 5) is 7.50. The summed E-state index contributed by atoms with van der Waals surface area (Å²) in [6, 6.07) is 68.8. The SMILES string of the molecule is Brc1ccc2c(c1)Oc1cc3c4c5c1B2c1ccccc1N5c1ccccc1B4c1cc2c(cc1N3c1ccccc1)N(c1ccccc1)c1cccc3c1B2c1ccccc1O3. The zero-order valence-corrected chi connectivity index (χ0v) is 35.3. The first kappa shape index (κ1) is 34.3. The molecular weight excluding hydrogens is 835 g/mol. The summed E-state index contributed by atoms with van der Waals surface area (Å²) in [5.41, 5.74) is 21.6. The lowest BCUT2D eigenvalue weighted by molar-refractivity contribution is 0.487. The van der Waals surface area contributed by atoms with Crippen LogP contribution in [0.25, 0.3) is 0 Å². The summed E-state index contributed by atoms with van der Waals surface area (Å²) >= 11 is 3.78. The predicted octanol–water partition coefficient (Wildman–Crippen LogP) is 7.87. The molecule has 0 aromatic heterocycles. The Morgan fingerprint density at radius 1 is 0.317 bits per heavy atom. The smallest absolute Gasteiger partial charge is 0.256 e. The highest BCUT2D eigenvalue weighted by atomic mass is 79.9. The Morgan fingerprint density at radius 2 is 0.857 bits per heavy atom. The third kappa shape index (κ3) is 4.44. The van der Waals surface area contributed by atoms with E-state index in [1.54, 1.807) is 0 Å². The summed E-state index contributed by atoms with van der Waals surface area (Å²) in [5.74, 6) is 3.59. The van der Waals surface area contributed by atoms with Crippen molar-refractivity contribution in [2.24, 2.45) is 0 Å². The van der Waals surface area contributed by atoms with Crippen molar-refractivity contribution in [1.29, 1.82) is 0 Å². The number of para-hydroxylation sites is 5. The minimum absolute atomic E-state index is 0.00119. The number of nitrogens with zero attached hydrogens (tertiary/aromatic N) is 3. The van der Waals surface area contributed by atoms with Crippen LogP contribution < -0.4 is 73.3 Å². The molecule has 0 radical (unpaired) electrons. The fourth-order valence-electron chi connectivity index (χ4n) is 11.8. The van der Waals surface area contributed by atoms with Crippen molar-refractivity contribution in [3.63, 3.8) is 0 Å². The third-order valence-corrected chi connectivity index (χ3v) is 14.7. The molecule has 0 N–H and O–H groups in total. The maximum atomic E-state index is 7.13. The van der Waals surface area contributed by atoms with Gasteiger partial charge in [0.2, 0.25) is 0 Å². The molecule has 0 bridgehead atoms. The average molecular weight is 866 g/mol. The van der Waals surface area contributed by atoms with Crippen molar-refractivity contribution in [2.45, 2.75) is 0 Å². The van der Waals surface area contributed by atoms with Gasteiger partial charge in [0, 0.05) is 61.7 Å². The van der Waals surface area contributed by atoms with Gasteiger partial charge >= 0.3 is 0 Å². The molecule has 9 heteroatoms. The first-order valence-electron chi connectivity index (χ1n) is 21.6. The second-order valence-electron chi connectivity index (χ2n) is 17.2. The van der Waals surface area contributed by atoms with Gasteiger partial charge in [-0.2, -0.15) is 0 Å². The van der Waals surface area contributed by atoms with Gasteiger partial charge in [-0.15, -0.1) is 0 Å². The van der Waals surface area contributed by atoms with E-state index in [1.165, 1.54) is 66.2 Å². The summed E-state index contributed by atoms with van der Waals surface area (Å²) in [6.45, 7) is -0.105. The molecule has 0 spiro atoms. The fourth-order valence-corrected chi connectivity index (χ4v) is 12.2. The molecule has 0 amide bonds. The second-order valence-corrected chi connectivity index (χ2v) is 18.2. The lowest BCUT2D eigenvalue weighted by Crippen LogP contribution is -2.68. The lowest BCUT2D eigenvalue weighted by atomic mass is 9.28. The van der Waals surface area contributed by atoms with E-state index in [0.29, 0.717) is 0 Å². The van der Waals surface area contributed by atoms with Crippen molar-refractivity contribution in [3.05, 3.63) is 193 Å². The van der Waals surface area contributed by atoms with E-state index in [2.05, 4.69) is 219 Å². The van der Waals surface area contributed by atoms with E-state index in [1.807, 2.05) is 0 Å². The van der Waals surface area contributed by atoms with Gasteiger partial charge in [0.25, 0.3) is 20.1 Å². The van der Waals surface area contributed by atoms with Crippen LogP contribution in [0.3, 0.4) is 0 Å². The molecule has 6 aliphatic rings. The van der Waals surface area contributed by atoms with Crippen LogP contribution in [0.15, 0.2) is 193 Å². The van der Waals surface area contributed by atoms with Gasteiger partial charge in [-0.3, -0.25) is 0 Å². The Labute approximate surface area is 374 Å². The van der Waals surface area contributed by atoms with E-state index < -0.39 is 0 Å². The number of anilines is 9. The average Bonchev–Trinajstić information content (AvgIpc) is 3.33. The summed E-state index contributed by atoms with van der Waals surface area (Å²) in [7, 11) is 0. The van der Waals surface area contributed by atoms with Gasteiger partial charge in [0.05, 0.1) is 0 Å². The molecule has 0 unspecified atom stereocenters. The molecule has 290 valence electrons. The van der Waals surface area contributed by atoms with Crippen LogP contribution >= 0.6 is 15.9 Å². The van der Waals surface area contributed by atoms with Gasteiger partial charge in [0.15, 0.2) is 0 Å². The number of rotatable bonds is 2. The molecule has 63 heavy (non-hydrogen) atoms. The number of hydrogen-bond donors (Lipinski definition) is 0. The van der Waals surface area contributed by atoms with Crippen LogP contribution in [0, 0.1) is 0 Å². The molecule has 0 saturated heterocycles. The Bertz CT molecular complexity index is 3490. The minimum Gasteiger partial charge on any atom is -0.458 e. The lowest BCUT2D eigenvalue weighted by Gasteiger charge is -2.49. The molecule has 5 nitrogen and oxygen atoms in total. The molecule has 9 aromatic carbocycles. The van der Waals surface area contributed by atoms with Crippen molar-refractivity contribution in [1.82, 2.24) is 0 Å². The monoisotopic (exact) mass is 865 g/mol. The molecule has 6 aliphatic heterocycles. The van der Waals surface area contributed by atoms with E-state index in [0.717, 1.165) is 61.6 Å². The highest BCUT2D eigenvalue weighted by Crippen LogP contribution is 2.50. The Hall–Kier alpha value is -7.35. The van der Waals surface area contributed by atoms with Crippen LogP contribution in [0.1, 0.15) is 0 Å². The van der Waals surface area contributed by atoms with Gasteiger partial charge in [-0.05, 0) is 122 Å². The predicted molar refractivity (Wildman–Crippen MR) is 265 cm³/mol. The molecule has 0 saturated carbocycles. The summed E-state index contributed by atoms with van der Waals surface area (Å²) < 4.78 is 14.9. The third-order valence-electron chi connectivity index (χ3n) is 14.2. The van der Waals surface area contributed by atoms with Gasteiger partial charge in [-0.1, -0.05) is 125 Å². The van der Waals surface area contributed by atoms with E-state index in [4.69, 9.17) is 9.47 Å². The first-order valence-corrected chi connectivity index (χ1v) is 22.4. The zero-order valence-electron chi connectivity index (χ0n) is 33.7. The van der Waals surface area contributed by atoms with Crippen molar-refractivity contribution in [3.8, 4) is 23.0 Å². The number of ether oxygens (including phenoxy) is 2. The summed E-state index contributed by atoms with van der Waals surface area (Å²) in [6.07, 6.45) is 0. The van der Waals surface area contributed by atoms with Crippen LogP contribution in [-0.4, -0.2) is 20.1 Å². The normalized spacial score (nSPS) is 14.5. The Morgan fingerprint density at radius 3 is 1.57 bits per heavy atom. The Balaban J connectivity index is 1.09. The number of halogens is 1. The van der Waals surface area contributed by atoms with Crippen LogP contribution in [0.4, 0.5) is 51.2 Å². The van der Waals surface area contributed by atoms with Gasteiger partial charge in [0.1, 0.15) is 23.0 Å². The van der Waals surface area contributed by atoms with E-state index in [9.17, 15) is 0 Å². The highest BCUT2D eigenvalue weighted by molar-refractivity contribution is 9.10. The van der Waals surface area contributed by atoms with Crippen LogP contribution in [0.5, 0.6) is 23.0 Å². The zero-order chi connectivity index (χ0) is 41.1. The fraction of sp³-hybridized carbons (Fsp3) is 0. The summed E-state index contributed by atoms with van der Waals surface area (Å²) in [5, 5.41) is 0. The maximum absolute atomic E-state index is 7.13. The van der Waals surface area contributed by atoms with Crippen LogP contribution in [0.2, 0.25) is 0 Å². The molecule has 0 atom stereocenters. The molecule has 0 fully saturated rings. The largest absolute Gasteiger partial charge is 0.458 e. The molecule has 15 rings (SSSR count). The molecular formula is C54H31B3BrN3O2. The van der Waals surface area contributed by atoms with Gasteiger partial charge < -0.3 is 24.2 Å². The van der Waals surface area contributed by atoms with Crippen molar-refractivity contribution in [2.75, 3.05) is 14.7 Å². The Kier molecular flexibility index (Phi) is 6.74.